The van der Waals surface area contributed by atoms with E-state index >= 15 is 0 Å². The van der Waals surface area contributed by atoms with Crippen molar-refractivity contribution in [1.29, 1.82) is 0 Å². The molecule has 0 aliphatic carbocycles. The molecule has 2 aliphatic rings. The number of likely N-dealkylation sites (tertiary alicyclic amines) is 1. The van der Waals surface area contributed by atoms with Crippen molar-refractivity contribution < 1.29 is 29.6 Å². The maximum absolute atomic E-state index is 13.1. The zero-order valence-electron chi connectivity index (χ0n) is 26.8. The van der Waals surface area contributed by atoms with Gasteiger partial charge in [0.15, 0.2) is 0 Å². The molecular formula is C28H37ClN4O5S. The van der Waals surface area contributed by atoms with Gasteiger partial charge < -0.3 is 20.7 Å². The molecule has 2 aromatic rings. The molecule has 212 valence electrons. The van der Waals surface area contributed by atoms with E-state index in [9.17, 15) is 18.0 Å². The lowest BCUT2D eigenvalue weighted by Gasteiger charge is -2.42. The van der Waals surface area contributed by atoms with Gasteiger partial charge in [-0.05, 0) is 43.8 Å². The van der Waals surface area contributed by atoms with Crippen LogP contribution in [0, 0.1) is 0 Å². The van der Waals surface area contributed by atoms with Crippen molar-refractivity contribution in [1.82, 2.24) is 10.2 Å². The number of para-hydroxylation sites is 1. The highest BCUT2D eigenvalue weighted by Gasteiger charge is 2.47. The van der Waals surface area contributed by atoms with E-state index in [4.69, 9.17) is 17.3 Å². The highest BCUT2D eigenvalue weighted by Crippen LogP contribution is 2.48. The number of carbonyl (C=O) groups is 1. The van der Waals surface area contributed by atoms with Crippen LogP contribution in [0.5, 0.6) is 0 Å². The molecule has 0 radical (unpaired) electrons. The van der Waals surface area contributed by atoms with Crippen molar-refractivity contribution in [3.8, 4) is 0 Å². The number of carbonyl (C=O) groups excluding carboxylic acids is 2. The monoisotopic (exact) mass is 581 g/mol. The van der Waals surface area contributed by atoms with Gasteiger partial charge in [0.2, 0.25) is 15.9 Å². The third kappa shape index (κ3) is 6.83. The number of sulfonamides is 1. The molecule has 0 aromatic heterocycles. The van der Waals surface area contributed by atoms with Gasteiger partial charge in [0.1, 0.15) is 17.7 Å². The Morgan fingerprint density at radius 1 is 1.23 bits per heavy atom. The Kier molecular flexibility index (Phi) is 7.44. The van der Waals surface area contributed by atoms with E-state index in [1.165, 1.54) is 16.4 Å². The molecule has 2 atom stereocenters. The highest BCUT2D eigenvalue weighted by molar-refractivity contribution is 7.92. The number of ether oxygens (including phenoxy) is 1. The summed E-state index contributed by atoms with van der Waals surface area (Å²) in [5.74, 6) is 0.789. The zero-order chi connectivity index (χ0) is 31.8. The van der Waals surface area contributed by atoms with Crippen LogP contribution in [0.2, 0.25) is 0 Å². The molecule has 4 rings (SSSR count). The lowest BCUT2D eigenvalue weighted by atomic mass is 9.74. The van der Waals surface area contributed by atoms with Crippen LogP contribution in [0.25, 0.3) is 0 Å². The smallest absolute Gasteiger partial charge is 0.240 e. The topological polar surface area (TPSA) is 122 Å². The van der Waals surface area contributed by atoms with Crippen molar-refractivity contribution in [2.75, 3.05) is 36.8 Å². The van der Waals surface area contributed by atoms with Gasteiger partial charge in [-0.3, -0.25) is 9.10 Å². The number of nitrogens with one attached hydrogen (secondary N) is 1. The fourth-order valence-electron chi connectivity index (χ4n) is 5.05. The van der Waals surface area contributed by atoms with Crippen LogP contribution in [-0.4, -0.2) is 69.2 Å². The molecule has 9 nitrogen and oxygen atoms in total. The molecule has 2 aromatic carbocycles. The second kappa shape index (κ2) is 12.1. The number of hydrogen-bond acceptors (Lipinski definition) is 7. The van der Waals surface area contributed by atoms with Crippen molar-refractivity contribution in [2.24, 2.45) is 5.73 Å². The average Bonchev–Trinajstić information content (AvgIpc) is 3.27. The Morgan fingerprint density at radius 2 is 1.87 bits per heavy atom. The second-order valence-electron chi connectivity index (χ2n) is 10.0. The molecule has 1 spiro atoms. The minimum atomic E-state index is -3.53. The van der Waals surface area contributed by atoms with Gasteiger partial charge in [0.25, 0.3) is 0 Å². The highest BCUT2D eigenvalue weighted by atomic mass is 35.5. The minimum Gasteiger partial charge on any atom is -0.374 e. The predicted octanol–water partition coefficient (Wildman–Crippen LogP) is 2.38. The number of anilines is 1. The van der Waals surface area contributed by atoms with Gasteiger partial charge in [-0.25, -0.2) is 13.2 Å². The summed E-state index contributed by atoms with van der Waals surface area (Å²) in [5.41, 5.74) is 4.75. The third-order valence-corrected chi connectivity index (χ3v) is 8.20. The van der Waals surface area contributed by atoms with Crippen LogP contribution >= 0.6 is 12.4 Å². The fourth-order valence-corrected chi connectivity index (χ4v) is 6.05. The summed E-state index contributed by atoms with van der Waals surface area (Å²) >= 11 is 0. The first-order chi connectivity index (χ1) is 19.9. The number of piperidine rings is 1. The molecule has 1 saturated heterocycles. The first-order valence-corrected chi connectivity index (χ1v) is 14.1. The first-order valence-electron chi connectivity index (χ1n) is 14.8. The van der Waals surface area contributed by atoms with Crippen LogP contribution < -0.4 is 15.4 Å². The Hall–Kier alpha value is -2.88. The minimum absolute atomic E-state index is 0. The maximum Gasteiger partial charge on any atom is 0.240 e. The summed E-state index contributed by atoms with van der Waals surface area (Å²) in [6, 6.07) is 14.1. The van der Waals surface area contributed by atoms with Gasteiger partial charge in [0, 0.05) is 29.2 Å². The first kappa shape index (κ1) is 24.0. The number of nitrogens with two attached hydrogens (primary N) is 1. The van der Waals surface area contributed by atoms with Crippen LogP contribution in [0.1, 0.15) is 44.6 Å². The second-order valence-corrected chi connectivity index (χ2v) is 12.0. The molecule has 11 heteroatoms. The summed E-state index contributed by atoms with van der Waals surface area (Å²) in [5, 5.41) is 2.50. The number of fused-ring (bicyclic) bond motifs is 2. The molecule has 39 heavy (non-hydrogen) atoms. The van der Waals surface area contributed by atoms with Crippen LogP contribution in [0.15, 0.2) is 60.3 Å². The third-order valence-electron chi connectivity index (χ3n) is 7.08. The van der Waals surface area contributed by atoms with Crippen LogP contribution in [0.4, 0.5) is 5.69 Å². The summed E-state index contributed by atoms with van der Waals surface area (Å²) < 4.78 is 72.0. The van der Waals surface area contributed by atoms with E-state index in [0.717, 1.165) is 18.7 Å². The zero-order valence-corrected chi connectivity index (χ0v) is 23.5. The number of benzene rings is 2. The van der Waals surface area contributed by atoms with E-state index in [0.29, 0.717) is 18.5 Å². The maximum atomic E-state index is 13.1. The van der Waals surface area contributed by atoms with Gasteiger partial charge >= 0.3 is 0 Å². The fraction of sp³-hybridized carbons (Fsp3) is 0.464. The van der Waals surface area contributed by atoms with E-state index < -0.39 is 52.9 Å². The Balaban J connectivity index is 0.00000529. The molecule has 0 bridgehead atoms. The molecule has 3 N–H and O–H groups in total. The SMILES string of the molecule is Cl.[2H]C([2H])(OCC(NC(=O)[C@](C)(N)C([2H])([2H])[2H])C(=C=O)N1CCC2(CC1)CN(S(C)(=O)=O)c1ccccc12)c1ccccc1. The summed E-state index contributed by atoms with van der Waals surface area (Å²) in [6.45, 7) is -3.82. The standard InChI is InChI=1S/C28H36N4O5S.ClH/c1-27(2,29)26(34)30-23(19-37-18-21-9-5-4-6-10-21)25(17-33)31-15-13-28(14-16-31)20-32(38(3,35)36)24-12-8-7-11-22(24)28;/h4-12,23H,13-16,18-20,29H2,1-3H3,(H,30,34);1H/i1D3,18D2;/t23?,27-;/m0./s1. The van der Waals surface area contributed by atoms with Crippen molar-refractivity contribution in [2.45, 2.75) is 50.2 Å². The molecule has 2 aliphatic heterocycles. The normalized spacial score (nSPS) is 20.9. The average molecular weight is 582 g/mol. The van der Waals surface area contributed by atoms with Gasteiger partial charge in [-0.2, -0.15) is 0 Å². The van der Waals surface area contributed by atoms with E-state index in [-0.39, 0.29) is 43.3 Å². The number of nitrogens with zero attached hydrogens (tertiary/aromatic N) is 2. The molecule has 2 heterocycles. The molecule has 1 amide bonds. The van der Waals surface area contributed by atoms with Gasteiger partial charge in [0.05, 0.1) is 33.4 Å². The van der Waals surface area contributed by atoms with Gasteiger partial charge in [-0.1, -0.05) is 48.5 Å². The summed E-state index contributed by atoms with van der Waals surface area (Å²) in [7, 11) is -3.53. The van der Waals surface area contributed by atoms with E-state index in [2.05, 4.69) is 5.32 Å². The molecule has 1 unspecified atom stereocenters. The lowest BCUT2D eigenvalue weighted by molar-refractivity contribution is -0.126. The van der Waals surface area contributed by atoms with Crippen molar-refractivity contribution >= 4 is 40.0 Å². The lowest BCUT2D eigenvalue weighted by Crippen LogP contribution is -2.56. The Bertz CT molecular complexity index is 1510. The number of amides is 1. The van der Waals surface area contributed by atoms with E-state index in [1.807, 2.05) is 18.1 Å². The molecule has 1 fully saturated rings. The quantitative estimate of drug-likeness (QED) is 0.436. The van der Waals surface area contributed by atoms with Crippen molar-refractivity contribution in [3.63, 3.8) is 0 Å². The number of rotatable bonds is 9. The molecular weight excluding hydrogens is 540 g/mol. The summed E-state index contributed by atoms with van der Waals surface area (Å²) in [4.78, 5) is 27.2. The number of hydrogen-bond donors (Lipinski definition) is 2. The van der Waals surface area contributed by atoms with E-state index in [1.54, 1.807) is 35.2 Å². The van der Waals surface area contributed by atoms with Gasteiger partial charge in [-0.15, -0.1) is 12.4 Å². The number of halogens is 1. The molecule has 0 saturated carbocycles. The van der Waals surface area contributed by atoms with Crippen molar-refractivity contribution in [3.05, 3.63) is 71.4 Å². The van der Waals surface area contributed by atoms with Crippen LogP contribution in [-0.2, 0) is 36.3 Å². The Labute approximate surface area is 243 Å². The summed E-state index contributed by atoms with van der Waals surface area (Å²) in [6.07, 6.45) is 2.10. The predicted molar refractivity (Wildman–Crippen MR) is 154 cm³/mol. The van der Waals surface area contributed by atoms with Crippen LogP contribution in [0.3, 0.4) is 0 Å². The Morgan fingerprint density at radius 3 is 2.49 bits per heavy atom. The largest absolute Gasteiger partial charge is 0.374 e.